The maximum Gasteiger partial charge on any atom is 0.131 e. The summed E-state index contributed by atoms with van der Waals surface area (Å²) in [5, 5.41) is 0. The van der Waals surface area contributed by atoms with Gasteiger partial charge in [0.1, 0.15) is 12.4 Å². The van der Waals surface area contributed by atoms with Crippen molar-refractivity contribution in [2.24, 2.45) is 0 Å². The fourth-order valence-electron chi connectivity index (χ4n) is 0.698. The summed E-state index contributed by atoms with van der Waals surface area (Å²) >= 11 is 0. The number of halogens is 1. The number of hydrogen-bond acceptors (Lipinski definition) is 1. The van der Waals surface area contributed by atoms with E-state index >= 15 is 0 Å². The van der Waals surface area contributed by atoms with Crippen molar-refractivity contribution < 1.29 is 15.1 Å². The van der Waals surface area contributed by atoms with E-state index in [1.54, 1.807) is 12.1 Å². The third-order valence-corrected chi connectivity index (χ3v) is 1.18. The molecule has 0 aliphatic heterocycles. The topological polar surface area (TPSA) is 36.9 Å². The molecule has 0 aliphatic rings. The Morgan fingerprint density at radius 1 is 1.30 bits per heavy atom. The van der Waals surface area contributed by atoms with Crippen LogP contribution in [0.1, 0.15) is 5.56 Å². The fraction of sp³-hybridized carbons (Fsp3) is 0.143. The van der Waals surface area contributed by atoms with Gasteiger partial charge in [0.2, 0.25) is 0 Å². The van der Waals surface area contributed by atoms with E-state index < -0.39 is 0 Å². The first kappa shape index (κ1) is 7.18. The Morgan fingerprint density at radius 3 is 2.40 bits per heavy atom. The molecule has 54 valence electrons. The largest absolute Gasteiger partial charge is 0.212 e. The Labute approximate surface area is 58.4 Å². The van der Waals surface area contributed by atoms with E-state index in [-0.39, 0.29) is 5.82 Å². The molecular weight excluding hydrogens is 133 g/mol. The molecule has 0 heterocycles. The van der Waals surface area contributed by atoms with Gasteiger partial charge in [-0.2, -0.15) is 0 Å². The molecule has 0 bridgehead atoms. The number of hydrogen-bond donors (Lipinski definition) is 1. The summed E-state index contributed by atoms with van der Waals surface area (Å²) in [4.78, 5) is 4.60. The summed E-state index contributed by atoms with van der Waals surface area (Å²) in [5.74, 6) is 2.98. The van der Waals surface area contributed by atoms with Crippen molar-refractivity contribution in [3.63, 3.8) is 0 Å². The normalized spacial score (nSPS) is 9.80. The Balaban J connectivity index is 2.69. The Morgan fingerprint density at radius 2 is 1.90 bits per heavy atom. The third-order valence-electron chi connectivity index (χ3n) is 1.18. The summed E-state index contributed by atoms with van der Waals surface area (Å²) < 4.78 is 12.3. The molecule has 2 nitrogen and oxygen atoms in total. The lowest BCUT2D eigenvalue weighted by Gasteiger charge is -1.94. The molecule has 0 unspecified atom stereocenters. The smallest absolute Gasteiger partial charge is 0.131 e. The minimum atomic E-state index is -0.229. The van der Waals surface area contributed by atoms with E-state index in [4.69, 9.17) is 0 Å². The van der Waals surface area contributed by atoms with Gasteiger partial charge in [0.25, 0.3) is 0 Å². The van der Waals surface area contributed by atoms with Crippen LogP contribution in [0, 0.1) is 5.82 Å². The summed E-state index contributed by atoms with van der Waals surface area (Å²) in [6.45, 7) is 0.431. The highest BCUT2D eigenvalue weighted by Gasteiger charge is 1.92. The van der Waals surface area contributed by atoms with E-state index in [2.05, 4.69) is 10.7 Å². The van der Waals surface area contributed by atoms with Gasteiger partial charge in [-0.3, -0.25) is 0 Å². The van der Waals surface area contributed by atoms with Gasteiger partial charge in [0, 0.05) is 0 Å². The van der Waals surface area contributed by atoms with Crippen LogP contribution in [0.4, 0.5) is 4.39 Å². The van der Waals surface area contributed by atoms with Crippen molar-refractivity contribution in [2.45, 2.75) is 6.61 Å². The summed E-state index contributed by atoms with van der Waals surface area (Å²) in [7, 11) is 0. The highest BCUT2D eigenvalue weighted by Crippen LogP contribution is 2.02. The van der Waals surface area contributed by atoms with E-state index in [1.807, 2.05) is 0 Å². The van der Waals surface area contributed by atoms with Crippen molar-refractivity contribution in [2.75, 3.05) is 0 Å². The lowest BCUT2D eigenvalue weighted by molar-refractivity contribution is -0.695. The van der Waals surface area contributed by atoms with Gasteiger partial charge in [-0.05, 0) is 17.7 Å². The summed E-state index contributed by atoms with van der Waals surface area (Å²) in [6, 6.07) is 6.13. The first-order chi connectivity index (χ1) is 4.83. The molecule has 0 radical (unpaired) electrons. The van der Waals surface area contributed by atoms with Gasteiger partial charge in [-0.25, -0.2) is 15.1 Å². The molecule has 3 N–H and O–H groups in total. The van der Waals surface area contributed by atoms with E-state index in [1.165, 1.54) is 12.1 Å². The molecule has 0 aliphatic carbocycles. The number of quaternary nitrogens is 1. The summed E-state index contributed by atoms with van der Waals surface area (Å²) in [6.07, 6.45) is 0. The molecule has 1 aromatic carbocycles. The monoisotopic (exact) mass is 142 g/mol. The predicted octanol–water partition coefficient (Wildman–Crippen LogP) is 0.499. The van der Waals surface area contributed by atoms with Gasteiger partial charge in [0.05, 0.1) is 0 Å². The third kappa shape index (κ3) is 1.79. The van der Waals surface area contributed by atoms with Crippen LogP contribution in [0.15, 0.2) is 24.3 Å². The van der Waals surface area contributed by atoms with Crippen LogP contribution in [0.3, 0.4) is 0 Å². The van der Waals surface area contributed by atoms with Crippen molar-refractivity contribution in [1.82, 2.24) is 0 Å². The van der Waals surface area contributed by atoms with Crippen LogP contribution < -0.4 is 5.90 Å². The molecule has 0 fully saturated rings. The first-order valence-electron chi connectivity index (χ1n) is 2.94. The highest BCUT2D eigenvalue weighted by molar-refractivity contribution is 5.14. The molecule has 1 aromatic rings. The lowest BCUT2D eigenvalue weighted by Crippen LogP contribution is -2.48. The van der Waals surface area contributed by atoms with Gasteiger partial charge in [-0.15, -0.1) is 0 Å². The zero-order valence-corrected chi connectivity index (χ0v) is 5.51. The predicted molar refractivity (Wildman–Crippen MR) is 34.1 cm³/mol. The molecule has 1 rings (SSSR count). The first-order valence-corrected chi connectivity index (χ1v) is 2.94. The van der Waals surface area contributed by atoms with Crippen molar-refractivity contribution >= 4 is 0 Å². The zero-order chi connectivity index (χ0) is 7.40. The lowest BCUT2D eigenvalue weighted by atomic mass is 10.2. The van der Waals surface area contributed by atoms with Crippen LogP contribution in [-0.4, -0.2) is 0 Å². The van der Waals surface area contributed by atoms with Gasteiger partial charge < -0.3 is 0 Å². The average Bonchev–Trinajstić information content (AvgIpc) is 1.95. The van der Waals surface area contributed by atoms with Crippen LogP contribution in [0.25, 0.3) is 0 Å². The molecule has 0 saturated heterocycles. The second kappa shape index (κ2) is 3.29. The highest BCUT2D eigenvalue weighted by atomic mass is 19.1. The fourth-order valence-corrected chi connectivity index (χ4v) is 0.698. The second-order valence-electron chi connectivity index (χ2n) is 1.97. The molecule has 0 spiro atoms. The number of benzene rings is 1. The van der Waals surface area contributed by atoms with E-state index in [9.17, 15) is 4.39 Å². The van der Waals surface area contributed by atoms with Crippen LogP contribution >= 0.6 is 0 Å². The van der Waals surface area contributed by atoms with Crippen molar-refractivity contribution in [3.8, 4) is 0 Å². The zero-order valence-electron chi connectivity index (χ0n) is 5.51. The summed E-state index contributed by atoms with van der Waals surface area (Å²) in [5.41, 5.74) is 0.927. The molecule has 0 saturated carbocycles. The minimum absolute atomic E-state index is 0.229. The molecule has 0 atom stereocenters. The Hall–Kier alpha value is -0.930. The van der Waals surface area contributed by atoms with Crippen LogP contribution in [0.2, 0.25) is 0 Å². The van der Waals surface area contributed by atoms with Gasteiger partial charge >= 0.3 is 0 Å². The minimum Gasteiger partial charge on any atom is -0.212 e. The molecule has 3 heteroatoms. The average molecular weight is 142 g/mol. The van der Waals surface area contributed by atoms with Crippen molar-refractivity contribution in [3.05, 3.63) is 35.6 Å². The van der Waals surface area contributed by atoms with Crippen LogP contribution in [-0.2, 0) is 11.4 Å². The Bertz CT molecular complexity index is 197. The van der Waals surface area contributed by atoms with E-state index in [0.717, 1.165) is 5.56 Å². The van der Waals surface area contributed by atoms with Crippen LogP contribution in [0.5, 0.6) is 0 Å². The standard InChI is InChI=1S/C7H9FNO/c8-7-3-1-6(2-4-7)5-10-9/h1-4H,5H2,9H3/q+1. The Kier molecular flexibility index (Phi) is 2.36. The maximum atomic E-state index is 12.3. The molecule has 0 aromatic heterocycles. The van der Waals surface area contributed by atoms with E-state index in [0.29, 0.717) is 6.61 Å². The molecular formula is C7H9FNO+. The van der Waals surface area contributed by atoms with Crippen molar-refractivity contribution in [1.29, 1.82) is 0 Å². The molecule has 10 heavy (non-hydrogen) atoms. The second-order valence-corrected chi connectivity index (χ2v) is 1.97. The quantitative estimate of drug-likeness (QED) is 0.600. The molecule has 0 amide bonds. The van der Waals surface area contributed by atoms with Gasteiger partial charge in [-0.1, -0.05) is 12.1 Å². The maximum absolute atomic E-state index is 12.3. The number of rotatable bonds is 2. The van der Waals surface area contributed by atoms with Gasteiger partial charge in [0.15, 0.2) is 0 Å². The SMILES string of the molecule is [NH3+]OCc1ccc(F)cc1.